The number of rotatable bonds is 9. The molecule has 10 heteroatoms. The highest BCUT2D eigenvalue weighted by Crippen LogP contribution is 2.28. The number of carbonyl (C=O) groups excluding carboxylic acids is 2. The molecule has 0 unspecified atom stereocenters. The first-order valence-electron chi connectivity index (χ1n) is 9.98. The van der Waals surface area contributed by atoms with Crippen molar-refractivity contribution in [3.63, 3.8) is 0 Å². The molecule has 0 spiro atoms. The van der Waals surface area contributed by atoms with Gasteiger partial charge in [-0.1, -0.05) is 41.6 Å². The third kappa shape index (κ3) is 5.80. The quantitative estimate of drug-likeness (QED) is 0.452. The fourth-order valence-corrected chi connectivity index (χ4v) is 4.03. The maximum atomic E-state index is 12.5. The number of nitrogens with one attached hydrogen (secondary N) is 2. The fourth-order valence-electron chi connectivity index (χ4n) is 3.05. The number of hydrogen-bond donors (Lipinski definition) is 2. The molecule has 1 aromatic heterocycles. The highest BCUT2D eigenvalue weighted by molar-refractivity contribution is 7.99. The number of anilines is 1. The van der Waals surface area contributed by atoms with Crippen LogP contribution < -0.4 is 15.4 Å². The van der Waals surface area contributed by atoms with E-state index < -0.39 is 0 Å². The lowest BCUT2D eigenvalue weighted by Crippen LogP contribution is -2.28. The summed E-state index contributed by atoms with van der Waals surface area (Å²) in [6.45, 7) is 4.41. The predicted octanol–water partition coefficient (Wildman–Crippen LogP) is 4.18. The Morgan fingerprint density at radius 1 is 1.19 bits per heavy atom. The van der Waals surface area contributed by atoms with Gasteiger partial charge >= 0.3 is 0 Å². The van der Waals surface area contributed by atoms with Gasteiger partial charge in [-0.25, -0.2) is 0 Å². The van der Waals surface area contributed by atoms with Crippen molar-refractivity contribution in [2.75, 3.05) is 18.2 Å². The van der Waals surface area contributed by atoms with Gasteiger partial charge in [0.2, 0.25) is 5.91 Å². The number of amides is 2. The molecule has 0 bridgehead atoms. The van der Waals surface area contributed by atoms with Gasteiger partial charge in [-0.3, -0.25) is 9.59 Å². The van der Waals surface area contributed by atoms with E-state index in [1.807, 2.05) is 36.6 Å². The molecule has 1 heterocycles. The van der Waals surface area contributed by atoms with Crippen molar-refractivity contribution >= 4 is 40.9 Å². The summed E-state index contributed by atoms with van der Waals surface area (Å²) >= 11 is 7.27. The Kier molecular flexibility index (Phi) is 8.13. The SMILES string of the molecule is CCn1c(SCC(=O)Nc2cc(Cl)ccc2OC)nnc1[C@@H](C)NC(=O)c1ccccc1. The van der Waals surface area contributed by atoms with E-state index in [0.717, 1.165) is 0 Å². The standard InChI is InChI=1S/C22H24ClN5O3S/c1-4-28-20(14(2)24-21(30)15-8-6-5-7-9-15)26-27-22(28)32-13-19(29)25-17-12-16(23)10-11-18(17)31-3/h5-12,14H,4,13H2,1-3H3,(H,24,30)(H,25,29)/t14-/m1/s1. The van der Waals surface area contributed by atoms with E-state index in [1.54, 1.807) is 30.3 Å². The lowest BCUT2D eigenvalue weighted by atomic mass is 10.2. The van der Waals surface area contributed by atoms with Crippen LogP contribution in [0.2, 0.25) is 5.02 Å². The van der Waals surface area contributed by atoms with Crippen molar-refractivity contribution in [2.24, 2.45) is 0 Å². The van der Waals surface area contributed by atoms with Crippen LogP contribution in [0.5, 0.6) is 5.75 Å². The summed E-state index contributed by atoms with van der Waals surface area (Å²) in [5.41, 5.74) is 1.07. The van der Waals surface area contributed by atoms with E-state index in [9.17, 15) is 9.59 Å². The van der Waals surface area contributed by atoms with Crippen molar-refractivity contribution in [2.45, 2.75) is 31.6 Å². The Bertz CT molecular complexity index is 1090. The average Bonchev–Trinajstić information content (AvgIpc) is 3.21. The molecular weight excluding hydrogens is 450 g/mol. The number of carbonyl (C=O) groups is 2. The number of aromatic nitrogens is 3. The summed E-state index contributed by atoms with van der Waals surface area (Å²) in [6.07, 6.45) is 0. The summed E-state index contributed by atoms with van der Waals surface area (Å²) in [4.78, 5) is 24.9. The van der Waals surface area contributed by atoms with Gasteiger partial charge in [-0.15, -0.1) is 10.2 Å². The van der Waals surface area contributed by atoms with Crippen LogP contribution in [0, 0.1) is 0 Å². The predicted molar refractivity (Wildman–Crippen MR) is 125 cm³/mol. The molecule has 168 valence electrons. The van der Waals surface area contributed by atoms with E-state index in [2.05, 4.69) is 20.8 Å². The van der Waals surface area contributed by atoms with E-state index in [1.165, 1.54) is 18.9 Å². The van der Waals surface area contributed by atoms with Gasteiger partial charge in [0.25, 0.3) is 5.91 Å². The molecule has 8 nitrogen and oxygen atoms in total. The zero-order valence-electron chi connectivity index (χ0n) is 18.0. The summed E-state index contributed by atoms with van der Waals surface area (Å²) in [6, 6.07) is 13.6. The molecule has 2 aromatic carbocycles. The molecule has 0 radical (unpaired) electrons. The van der Waals surface area contributed by atoms with E-state index >= 15 is 0 Å². The highest BCUT2D eigenvalue weighted by Gasteiger charge is 2.20. The lowest BCUT2D eigenvalue weighted by molar-refractivity contribution is -0.113. The molecular formula is C22H24ClN5O3S. The molecule has 0 fully saturated rings. The number of ether oxygens (including phenoxy) is 1. The van der Waals surface area contributed by atoms with Gasteiger partial charge in [-0.2, -0.15) is 0 Å². The van der Waals surface area contributed by atoms with Gasteiger partial charge in [0.15, 0.2) is 11.0 Å². The average molecular weight is 474 g/mol. The number of methoxy groups -OCH3 is 1. The maximum absolute atomic E-state index is 12.5. The van der Waals surface area contributed by atoms with Crippen LogP contribution >= 0.6 is 23.4 Å². The smallest absolute Gasteiger partial charge is 0.251 e. The van der Waals surface area contributed by atoms with Crippen LogP contribution in [0.1, 0.15) is 36.1 Å². The van der Waals surface area contributed by atoms with Gasteiger partial charge in [0.05, 0.1) is 24.6 Å². The Morgan fingerprint density at radius 3 is 2.62 bits per heavy atom. The van der Waals surface area contributed by atoms with E-state index in [-0.39, 0.29) is 23.6 Å². The molecule has 32 heavy (non-hydrogen) atoms. The third-order valence-electron chi connectivity index (χ3n) is 4.60. The van der Waals surface area contributed by atoms with Gasteiger partial charge in [0, 0.05) is 17.1 Å². The van der Waals surface area contributed by atoms with Crippen LogP contribution in [0.3, 0.4) is 0 Å². The summed E-state index contributed by atoms with van der Waals surface area (Å²) in [7, 11) is 1.52. The largest absolute Gasteiger partial charge is 0.495 e. The summed E-state index contributed by atoms with van der Waals surface area (Å²) in [5, 5.41) is 15.3. The second-order valence-electron chi connectivity index (χ2n) is 6.83. The summed E-state index contributed by atoms with van der Waals surface area (Å²) < 4.78 is 7.14. The fraction of sp³-hybridized carbons (Fsp3) is 0.273. The Balaban J connectivity index is 1.64. The second kappa shape index (κ2) is 11.0. The van der Waals surface area contributed by atoms with Gasteiger partial charge < -0.3 is 19.9 Å². The topological polar surface area (TPSA) is 98.1 Å². The molecule has 2 N–H and O–H groups in total. The first-order chi connectivity index (χ1) is 15.4. The molecule has 0 aliphatic rings. The normalized spacial score (nSPS) is 11.6. The minimum absolute atomic E-state index is 0.124. The number of halogens is 1. The van der Waals surface area contributed by atoms with Crippen LogP contribution in [0.25, 0.3) is 0 Å². The molecule has 0 aliphatic carbocycles. The second-order valence-corrected chi connectivity index (χ2v) is 8.21. The molecule has 3 rings (SSSR count). The molecule has 0 saturated carbocycles. The number of hydrogen-bond acceptors (Lipinski definition) is 6. The highest BCUT2D eigenvalue weighted by atomic mass is 35.5. The monoisotopic (exact) mass is 473 g/mol. The Hall–Kier alpha value is -3.04. The molecule has 2 amide bonds. The molecule has 0 aliphatic heterocycles. The minimum Gasteiger partial charge on any atom is -0.495 e. The van der Waals surface area contributed by atoms with Crippen LogP contribution in [0.4, 0.5) is 5.69 Å². The van der Waals surface area contributed by atoms with Crippen molar-refractivity contribution in [3.8, 4) is 5.75 Å². The Labute approximate surface area is 195 Å². The van der Waals surface area contributed by atoms with Crippen molar-refractivity contribution in [1.82, 2.24) is 20.1 Å². The first-order valence-corrected chi connectivity index (χ1v) is 11.3. The number of nitrogens with zero attached hydrogens (tertiary/aromatic N) is 3. The van der Waals surface area contributed by atoms with Crippen molar-refractivity contribution in [1.29, 1.82) is 0 Å². The van der Waals surface area contributed by atoms with Crippen LogP contribution in [-0.4, -0.2) is 39.4 Å². The minimum atomic E-state index is -0.353. The van der Waals surface area contributed by atoms with Gasteiger partial charge in [-0.05, 0) is 44.2 Å². The Morgan fingerprint density at radius 2 is 1.94 bits per heavy atom. The third-order valence-corrected chi connectivity index (χ3v) is 5.80. The lowest BCUT2D eigenvalue weighted by Gasteiger charge is -2.15. The zero-order chi connectivity index (χ0) is 23.1. The van der Waals surface area contributed by atoms with Crippen molar-refractivity contribution in [3.05, 3.63) is 64.9 Å². The van der Waals surface area contributed by atoms with Gasteiger partial charge in [0.1, 0.15) is 5.75 Å². The van der Waals surface area contributed by atoms with E-state index in [4.69, 9.17) is 16.3 Å². The van der Waals surface area contributed by atoms with Crippen LogP contribution in [-0.2, 0) is 11.3 Å². The molecule has 1 atom stereocenters. The summed E-state index contributed by atoms with van der Waals surface area (Å²) in [5.74, 6) is 0.852. The van der Waals surface area contributed by atoms with Crippen molar-refractivity contribution < 1.29 is 14.3 Å². The van der Waals surface area contributed by atoms with E-state index in [0.29, 0.717) is 39.5 Å². The van der Waals surface area contributed by atoms with Crippen LogP contribution in [0.15, 0.2) is 53.7 Å². The molecule has 0 saturated heterocycles. The molecule has 3 aromatic rings. The number of thioether (sulfide) groups is 1. The maximum Gasteiger partial charge on any atom is 0.251 e. The first kappa shape index (κ1) is 23.6. The number of benzene rings is 2. The zero-order valence-corrected chi connectivity index (χ0v) is 19.5.